The number of rotatable bonds is 8. The van der Waals surface area contributed by atoms with E-state index in [4.69, 9.17) is 4.74 Å². The second kappa shape index (κ2) is 11.3. The third-order valence-corrected chi connectivity index (χ3v) is 4.76. The molecule has 6 heteroatoms. The molecule has 0 bridgehead atoms. The summed E-state index contributed by atoms with van der Waals surface area (Å²) in [5, 5.41) is 6.33. The van der Waals surface area contributed by atoms with Crippen molar-refractivity contribution in [2.75, 3.05) is 19.6 Å². The summed E-state index contributed by atoms with van der Waals surface area (Å²) in [4.78, 5) is 12.2. The van der Waals surface area contributed by atoms with Crippen LogP contribution in [-0.4, -0.2) is 31.6 Å². The van der Waals surface area contributed by atoms with Crippen LogP contribution in [0.25, 0.3) is 0 Å². The first-order chi connectivity index (χ1) is 11.6. The van der Waals surface area contributed by atoms with Crippen LogP contribution in [0.1, 0.15) is 39.5 Å². The molecule has 25 heavy (non-hydrogen) atoms. The lowest BCUT2D eigenvalue weighted by molar-refractivity contribution is -0.122. The van der Waals surface area contributed by atoms with Gasteiger partial charge in [-0.25, -0.2) is 4.39 Å². The van der Waals surface area contributed by atoms with Crippen LogP contribution in [0.4, 0.5) is 4.39 Å². The van der Waals surface area contributed by atoms with Crippen LogP contribution in [0, 0.1) is 17.7 Å². The number of ether oxygens (including phenoxy) is 1. The summed E-state index contributed by atoms with van der Waals surface area (Å²) < 4.78 is 19.3. The summed E-state index contributed by atoms with van der Waals surface area (Å²) in [5.41, 5.74) is 0. The van der Waals surface area contributed by atoms with Gasteiger partial charge in [0, 0.05) is 6.42 Å². The molecule has 0 aliphatic carbocycles. The van der Waals surface area contributed by atoms with Gasteiger partial charge in [0.05, 0.1) is 6.54 Å². The molecular weight excluding hydrogens is 343 g/mol. The van der Waals surface area contributed by atoms with Crippen molar-refractivity contribution >= 4 is 18.3 Å². The number of para-hydroxylation sites is 1. The topological polar surface area (TPSA) is 50.4 Å². The maximum Gasteiger partial charge on any atom is 0.220 e. The highest BCUT2D eigenvalue weighted by Gasteiger charge is 2.22. The molecule has 1 aromatic carbocycles. The lowest BCUT2D eigenvalue weighted by atomic mass is 9.85. The summed E-state index contributed by atoms with van der Waals surface area (Å²) in [5.74, 6) is 0.844. The summed E-state index contributed by atoms with van der Waals surface area (Å²) in [6, 6.07) is 6.36. The predicted molar refractivity (Wildman–Crippen MR) is 101 cm³/mol. The maximum atomic E-state index is 13.6. The minimum Gasteiger partial charge on any atom is -0.486 e. The normalized spacial score (nSPS) is 19.4. The van der Waals surface area contributed by atoms with Crippen LogP contribution in [-0.2, 0) is 4.79 Å². The van der Waals surface area contributed by atoms with Crippen molar-refractivity contribution in [2.24, 2.45) is 11.8 Å². The van der Waals surface area contributed by atoms with E-state index in [2.05, 4.69) is 17.6 Å². The largest absolute Gasteiger partial charge is 0.486 e. The molecule has 1 amide bonds. The van der Waals surface area contributed by atoms with Crippen LogP contribution in [0.2, 0.25) is 0 Å². The fourth-order valence-electron chi connectivity index (χ4n) is 3.11. The van der Waals surface area contributed by atoms with E-state index in [1.807, 2.05) is 6.92 Å². The molecule has 1 saturated heterocycles. The lowest BCUT2D eigenvalue weighted by Gasteiger charge is -2.28. The van der Waals surface area contributed by atoms with Crippen molar-refractivity contribution in [1.82, 2.24) is 10.6 Å². The van der Waals surface area contributed by atoms with E-state index >= 15 is 0 Å². The van der Waals surface area contributed by atoms with E-state index in [0.29, 0.717) is 31.2 Å². The number of hydrogen-bond acceptors (Lipinski definition) is 3. The number of nitrogens with one attached hydrogen (secondary N) is 2. The van der Waals surface area contributed by atoms with Gasteiger partial charge in [-0.1, -0.05) is 26.0 Å². The number of benzene rings is 1. The molecule has 0 aromatic heterocycles. The lowest BCUT2D eigenvalue weighted by Crippen LogP contribution is -2.38. The van der Waals surface area contributed by atoms with Crippen molar-refractivity contribution in [2.45, 2.75) is 45.6 Å². The Hall–Kier alpha value is -1.33. The molecule has 0 saturated carbocycles. The zero-order valence-corrected chi connectivity index (χ0v) is 15.9. The van der Waals surface area contributed by atoms with Gasteiger partial charge in [-0.2, -0.15) is 0 Å². The number of piperidine rings is 1. The van der Waals surface area contributed by atoms with Crippen LogP contribution >= 0.6 is 12.4 Å². The summed E-state index contributed by atoms with van der Waals surface area (Å²) >= 11 is 0. The number of carbonyl (C=O) groups is 1. The fourth-order valence-corrected chi connectivity index (χ4v) is 3.11. The molecule has 1 fully saturated rings. The second-order valence-electron chi connectivity index (χ2n) is 6.67. The Morgan fingerprint density at radius 1 is 1.44 bits per heavy atom. The fraction of sp³-hybridized carbons (Fsp3) is 0.632. The average Bonchev–Trinajstić information content (AvgIpc) is 2.60. The van der Waals surface area contributed by atoms with E-state index in [-0.39, 0.29) is 36.0 Å². The molecule has 1 aromatic rings. The second-order valence-corrected chi connectivity index (χ2v) is 6.67. The van der Waals surface area contributed by atoms with Gasteiger partial charge in [0.15, 0.2) is 11.6 Å². The molecule has 0 spiro atoms. The Morgan fingerprint density at radius 2 is 2.20 bits per heavy atom. The van der Waals surface area contributed by atoms with Gasteiger partial charge in [0.25, 0.3) is 0 Å². The van der Waals surface area contributed by atoms with Crippen molar-refractivity contribution in [3.05, 3.63) is 30.1 Å². The number of amides is 1. The van der Waals surface area contributed by atoms with Gasteiger partial charge in [0.2, 0.25) is 5.91 Å². The molecule has 142 valence electrons. The van der Waals surface area contributed by atoms with E-state index < -0.39 is 0 Å². The van der Waals surface area contributed by atoms with Crippen LogP contribution in [0.5, 0.6) is 5.75 Å². The number of hydrogen-bond donors (Lipinski definition) is 2. The van der Waals surface area contributed by atoms with Gasteiger partial charge in [-0.15, -0.1) is 12.4 Å². The Balaban J connectivity index is 0.00000312. The van der Waals surface area contributed by atoms with E-state index in [1.165, 1.54) is 18.9 Å². The zero-order chi connectivity index (χ0) is 17.4. The summed E-state index contributed by atoms with van der Waals surface area (Å²) in [6.07, 6.45) is 3.39. The molecule has 1 heterocycles. The van der Waals surface area contributed by atoms with Crippen LogP contribution in [0.3, 0.4) is 0 Å². The predicted octanol–water partition coefficient (Wildman–Crippen LogP) is 3.55. The first-order valence-corrected chi connectivity index (χ1v) is 8.98. The van der Waals surface area contributed by atoms with Gasteiger partial charge in [-0.3, -0.25) is 4.79 Å². The first-order valence-electron chi connectivity index (χ1n) is 8.98. The maximum absolute atomic E-state index is 13.6. The summed E-state index contributed by atoms with van der Waals surface area (Å²) in [7, 11) is 0. The first kappa shape index (κ1) is 21.7. The van der Waals surface area contributed by atoms with Gasteiger partial charge in [0.1, 0.15) is 6.10 Å². The highest BCUT2D eigenvalue weighted by Crippen LogP contribution is 2.22. The van der Waals surface area contributed by atoms with Gasteiger partial charge >= 0.3 is 0 Å². The standard InChI is InChI=1S/C19H29FN2O2.ClH/c1-3-16(24-18-9-5-4-8-17(18)20)13-22-19(23)11-14(2)15-7-6-10-21-12-15;/h4-5,8-9,14-16,21H,3,6-7,10-13H2,1-2H3,(H,22,23);1H. The van der Waals surface area contributed by atoms with E-state index in [9.17, 15) is 9.18 Å². The average molecular weight is 373 g/mol. The van der Waals surface area contributed by atoms with E-state index in [1.54, 1.807) is 18.2 Å². The van der Waals surface area contributed by atoms with Crippen molar-refractivity contribution in [3.8, 4) is 5.75 Å². The summed E-state index contributed by atoms with van der Waals surface area (Å²) in [6.45, 7) is 6.60. The molecular formula is C19H30ClFN2O2. The molecule has 2 rings (SSSR count). The Morgan fingerprint density at radius 3 is 2.84 bits per heavy atom. The molecule has 4 nitrogen and oxygen atoms in total. The zero-order valence-electron chi connectivity index (χ0n) is 15.1. The highest BCUT2D eigenvalue weighted by molar-refractivity contribution is 5.85. The highest BCUT2D eigenvalue weighted by atomic mass is 35.5. The van der Waals surface area contributed by atoms with E-state index in [0.717, 1.165) is 13.1 Å². The Kier molecular flexibility index (Phi) is 9.83. The number of halogens is 2. The smallest absolute Gasteiger partial charge is 0.220 e. The van der Waals surface area contributed by atoms with Crippen molar-refractivity contribution in [3.63, 3.8) is 0 Å². The van der Waals surface area contributed by atoms with Crippen molar-refractivity contribution in [1.29, 1.82) is 0 Å². The van der Waals surface area contributed by atoms with Gasteiger partial charge < -0.3 is 15.4 Å². The monoisotopic (exact) mass is 372 g/mol. The number of carbonyl (C=O) groups excluding carboxylic acids is 1. The van der Waals surface area contributed by atoms with Crippen LogP contribution < -0.4 is 15.4 Å². The SMILES string of the molecule is CCC(CNC(=O)CC(C)C1CCCNC1)Oc1ccccc1F.Cl. The van der Waals surface area contributed by atoms with Crippen LogP contribution in [0.15, 0.2) is 24.3 Å². The Labute approximate surface area is 156 Å². The Bertz CT molecular complexity index is 524. The minimum atomic E-state index is -0.374. The molecule has 3 atom stereocenters. The third-order valence-electron chi connectivity index (χ3n) is 4.76. The quantitative estimate of drug-likeness (QED) is 0.733. The third kappa shape index (κ3) is 7.20. The minimum absolute atomic E-state index is 0. The molecule has 1 aliphatic rings. The van der Waals surface area contributed by atoms with Gasteiger partial charge in [-0.05, 0) is 56.3 Å². The molecule has 0 radical (unpaired) electrons. The molecule has 3 unspecified atom stereocenters. The van der Waals surface area contributed by atoms with Crippen molar-refractivity contribution < 1.29 is 13.9 Å². The molecule has 2 N–H and O–H groups in total. The molecule has 1 aliphatic heterocycles.